The van der Waals surface area contributed by atoms with Crippen LogP contribution in [0.5, 0.6) is 0 Å². The number of carbonyl (C=O) groups excluding carboxylic acids is 2. The highest BCUT2D eigenvalue weighted by Crippen LogP contribution is 2.49. The van der Waals surface area contributed by atoms with Crippen LogP contribution in [-0.4, -0.2) is 24.4 Å². The minimum atomic E-state index is -0.260. The summed E-state index contributed by atoms with van der Waals surface area (Å²) in [6.45, 7) is 2.59. The zero-order valence-corrected chi connectivity index (χ0v) is 15.3. The molecular weight excluding hydrogens is 336 g/mol. The SMILES string of the molecule is CC(NC(=O)C1CC(=O)N(c2ccc(Cl)cc2)C1)C1CC2CCC1C2. The topological polar surface area (TPSA) is 49.4 Å². The Hall–Kier alpha value is -1.55. The minimum absolute atomic E-state index is 0.00930. The zero-order chi connectivity index (χ0) is 17.6. The van der Waals surface area contributed by atoms with Gasteiger partial charge in [0.15, 0.2) is 0 Å². The van der Waals surface area contributed by atoms with Gasteiger partial charge in [-0.05, 0) is 68.2 Å². The summed E-state index contributed by atoms with van der Waals surface area (Å²) in [5, 5.41) is 3.85. The monoisotopic (exact) mass is 360 g/mol. The van der Waals surface area contributed by atoms with Gasteiger partial charge in [0.25, 0.3) is 0 Å². The first-order chi connectivity index (χ1) is 12.0. The summed E-state index contributed by atoms with van der Waals surface area (Å²) in [5.74, 6) is 2.06. The van der Waals surface area contributed by atoms with E-state index in [2.05, 4.69) is 12.2 Å². The summed E-state index contributed by atoms with van der Waals surface area (Å²) in [6.07, 6.45) is 5.58. The summed E-state index contributed by atoms with van der Waals surface area (Å²) >= 11 is 5.91. The van der Waals surface area contributed by atoms with Crippen LogP contribution in [0.1, 0.15) is 39.0 Å². The van der Waals surface area contributed by atoms with Gasteiger partial charge in [0.2, 0.25) is 11.8 Å². The number of benzene rings is 1. The average molecular weight is 361 g/mol. The van der Waals surface area contributed by atoms with Gasteiger partial charge in [0.1, 0.15) is 0 Å². The van der Waals surface area contributed by atoms with E-state index in [4.69, 9.17) is 11.6 Å². The molecule has 1 saturated heterocycles. The van der Waals surface area contributed by atoms with Gasteiger partial charge in [-0.15, -0.1) is 0 Å². The van der Waals surface area contributed by atoms with Crippen molar-refractivity contribution in [1.29, 1.82) is 0 Å². The predicted molar refractivity (Wildman–Crippen MR) is 98.5 cm³/mol. The highest BCUT2D eigenvalue weighted by molar-refractivity contribution is 6.30. The van der Waals surface area contributed by atoms with Crippen molar-refractivity contribution in [2.24, 2.45) is 23.7 Å². The van der Waals surface area contributed by atoms with Gasteiger partial charge < -0.3 is 10.2 Å². The maximum absolute atomic E-state index is 12.7. The van der Waals surface area contributed by atoms with E-state index in [1.165, 1.54) is 25.7 Å². The number of rotatable bonds is 4. The molecule has 1 heterocycles. The predicted octanol–water partition coefficient (Wildman–Crippen LogP) is 3.63. The van der Waals surface area contributed by atoms with Crippen LogP contribution in [0.15, 0.2) is 24.3 Å². The molecule has 4 nitrogen and oxygen atoms in total. The van der Waals surface area contributed by atoms with Gasteiger partial charge in [-0.3, -0.25) is 9.59 Å². The summed E-state index contributed by atoms with van der Waals surface area (Å²) < 4.78 is 0. The smallest absolute Gasteiger partial charge is 0.227 e. The third-order valence-electron chi connectivity index (χ3n) is 6.44. The van der Waals surface area contributed by atoms with Crippen LogP contribution < -0.4 is 10.2 Å². The number of amides is 2. The van der Waals surface area contributed by atoms with E-state index in [9.17, 15) is 9.59 Å². The highest BCUT2D eigenvalue weighted by atomic mass is 35.5. The first-order valence-electron chi connectivity index (χ1n) is 9.37. The second-order valence-corrected chi connectivity index (χ2v) is 8.45. The van der Waals surface area contributed by atoms with Crippen LogP contribution in [0.25, 0.3) is 0 Å². The molecule has 1 aromatic carbocycles. The zero-order valence-electron chi connectivity index (χ0n) is 14.6. The Labute approximate surface area is 153 Å². The van der Waals surface area contributed by atoms with E-state index in [0.29, 0.717) is 17.5 Å². The molecule has 4 rings (SSSR count). The van der Waals surface area contributed by atoms with Crippen LogP contribution in [0.2, 0.25) is 5.02 Å². The number of nitrogens with zero attached hydrogens (tertiary/aromatic N) is 1. The van der Waals surface area contributed by atoms with Crippen LogP contribution in [0, 0.1) is 23.7 Å². The fourth-order valence-corrected chi connectivity index (χ4v) is 5.24. The van der Waals surface area contributed by atoms with Crippen LogP contribution in [0.3, 0.4) is 0 Å². The first-order valence-corrected chi connectivity index (χ1v) is 9.75. The largest absolute Gasteiger partial charge is 0.353 e. The standard InChI is InChI=1S/C20H25ClN2O2/c1-12(18-9-13-2-3-14(18)8-13)22-20(25)15-10-19(24)23(11-15)17-6-4-16(21)5-7-17/h4-7,12-15,18H,2-3,8-11H2,1H3,(H,22,25). The first kappa shape index (κ1) is 16.9. The highest BCUT2D eigenvalue weighted by Gasteiger charge is 2.43. The van der Waals surface area contributed by atoms with Gasteiger partial charge in [-0.25, -0.2) is 0 Å². The number of hydrogen-bond acceptors (Lipinski definition) is 2. The third kappa shape index (κ3) is 3.29. The van der Waals surface area contributed by atoms with E-state index in [1.807, 2.05) is 12.1 Å². The van der Waals surface area contributed by atoms with Crippen LogP contribution >= 0.6 is 11.6 Å². The van der Waals surface area contributed by atoms with Crippen molar-refractivity contribution in [3.63, 3.8) is 0 Å². The molecule has 134 valence electrons. The van der Waals surface area contributed by atoms with Gasteiger partial charge in [-0.2, -0.15) is 0 Å². The summed E-state index contributed by atoms with van der Waals surface area (Å²) in [5.41, 5.74) is 0.811. The molecule has 2 amide bonds. The lowest BCUT2D eigenvalue weighted by Crippen LogP contribution is -2.43. The number of anilines is 1. The molecule has 3 aliphatic rings. The average Bonchev–Trinajstić information content (AvgIpc) is 3.31. The Kier molecular flexibility index (Phi) is 4.48. The third-order valence-corrected chi connectivity index (χ3v) is 6.69. The number of nitrogens with one attached hydrogen (secondary N) is 1. The molecule has 5 atom stereocenters. The van der Waals surface area contributed by atoms with Gasteiger partial charge in [0.05, 0.1) is 5.92 Å². The van der Waals surface area contributed by atoms with Gasteiger partial charge in [-0.1, -0.05) is 18.0 Å². The number of halogens is 1. The van der Waals surface area contributed by atoms with Crippen LogP contribution in [0.4, 0.5) is 5.69 Å². The van der Waals surface area contributed by atoms with Crippen molar-refractivity contribution in [2.45, 2.75) is 45.1 Å². The van der Waals surface area contributed by atoms with Gasteiger partial charge >= 0.3 is 0 Å². The fourth-order valence-electron chi connectivity index (χ4n) is 5.11. The molecule has 2 saturated carbocycles. The van der Waals surface area contributed by atoms with E-state index >= 15 is 0 Å². The van der Waals surface area contributed by atoms with Crippen molar-refractivity contribution in [2.75, 3.05) is 11.4 Å². The second-order valence-electron chi connectivity index (χ2n) is 8.02. The molecule has 0 spiro atoms. The summed E-state index contributed by atoms with van der Waals surface area (Å²) in [7, 11) is 0. The summed E-state index contributed by atoms with van der Waals surface area (Å²) in [4.78, 5) is 26.7. The van der Waals surface area contributed by atoms with E-state index < -0.39 is 0 Å². The fraction of sp³-hybridized carbons (Fsp3) is 0.600. The quantitative estimate of drug-likeness (QED) is 0.891. The Morgan fingerprint density at radius 3 is 2.64 bits per heavy atom. The van der Waals surface area contributed by atoms with Crippen molar-refractivity contribution >= 4 is 29.1 Å². The Balaban J connectivity index is 1.36. The molecule has 0 radical (unpaired) electrons. The molecule has 2 bridgehead atoms. The van der Waals surface area contributed by atoms with Crippen molar-refractivity contribution in [3.8, 4) is 0 Å². The Morgan fingerprint density at radius 2 is 2.00 bits per heavy atom. The maximum atomic E-state index is 12.7. The molecule has 2 aliphatic carbocycles. The van der Waals surface area contributed by atoms with E-state index in [1.54, 1.807) is 17.0 Å². The molecule has 25 heavy (non-hydrogen) atoms. The number of hydrogen-bond donors (Lipinski definition) is 1. The molecule has 5 unspecified atom stereocenters. The minimum Gasteiger partial charge on any atom is -0.353 e. The molecule has 5 heteroatoms. The Morgan fingerprint density at radius 1 is 1.24 bits per heavy atom. The number of carbonyl (C=O) groups is 2. The molecule has 1 aliphatic heterocycles. The molecular formula is C20H25ClN2O2. The lowest BCUT2D eigenvalue weighted by molar-refractivity contribution is -0.127. The Bertz CT molecular complexity index is 675. The lowest BCUT2D eigenvalue weighted by Gasteiger charge is -2.29. The van der Waals surface area contributed by atoms with E-state index in [-0.39, 0.29) is 30.2 Å². The van der Waals surface area contributed by atoms with Crippen molar-refractivity contribution < 1.29 is 9.59 Å². The van der Waals surface area contributed by atoms with Crippen molar-refractivity contribution in [3.05, 3.63) is 29.3 Å². The van der Waals surface area contributed by atoms with E-state index in [0.717, 1.165) is 17.5 Å². The maximum Gasteiger partial charge on any atom is 0.227 e. The lowest BCUT2D eigenvalue weighted by atomic mass is 9.84. The van der Waals surface area contributed by atoms with Crippen LogP contribution in [-0.2, 0) is 9.59 Å². The molecule has 1 aromatic rings. The summed E-state index contributed by atoms with van der Waals surface area (Å²) in [6, 6.07) is 7.42. The van der Waals surface area contributed by atoms with Crippen molar-refractivity contribution in [1.82, 2.24) is 5.32 Å². The van der Waals surface area contributed by atoms with Gasteiger partial charge in [0, 0.05) is 29.7 Å². The normalized spacial score (nSPS) is 32.2. The molecule has 3 fully saturated rings. The second kappa shape index (κ2) is 6.64. The molecule has 1 N–H and O–H groups in total. The number of fused-ring (bicyclic) bond motifs is 2. The molecule has 0 aromatic heterocycles.